The topological polar surface area (TPSA) is 323 Å². The van der Waals surface area contributed by atoms with E-state index in [4.69, 9.17) is 23.7 Å². The Labute approximate surface area is 434 Å². The normalized spacial score (nSPS) is 19.6. The van der Waals surface area contributed by atoms with Gasteiger partial charge in [-0.05, 0) is 71.4 Å². The number of fused-ring (bicyclic) bond motifs is 1. The second kappa shape index (κ2) is 27.7. The van der Waals surface area contributed by atoms with Gasteiger partial charge in [-0.3, -0.25) is 48.6 Å². The molecule has 1 saturated carbocycles. The Morgan fingerprint density at radius 3 is 2.24 bits per heavy atom. The molecule has 25 heteroatoms. The zero-order valence-corrected chi connectivity index (χ0v) is 43.0. The molecule has 6 N–H and O–H groups in total. The fraction of sp³-hybridized carbons (Fsp3) is 0.640. The molecule has 2 aromatic rings. The summed E-state index contributed by atoms with van der Waals surface area (Å²) in [7, 11) is 0. The molecule has 4 aliphatic rings. The maximum absolute atomic E-state index is 14.1. The number of imide groups is 2. The van der Waals surface area contributed by atoms with Gasteiger partial charge >= 0.3 is 6.09 Å². The lowest BCUT2D eigenvalue weighted by Crippen LogP contribution is -2.59. The van der Waals surface area contributed by atoms with Crippen LogP contribution in [-0.2, 0) is 70.4 Å². The van der Waals surface area contributed by atoms with Crippen molar-refractivity contribution < 1.29 is 71.6 Å². The summed E-state index contributed by atoms with van der Waals surface area (Å²) in [4.78, 5) is 129. The minimum atomic E-state index is -1.29. The predicted molar refractivity (Wildman–Crippen MR) is 263 cm³/mol. The van der Waals surface area contributed by atoms with E-state index < -0.39 is 89.2 Å². The Bertz CT molecular complexity index is 2380. The van der Waals surface area contributed by atoms with Crippen LogP contribution in [0.3, 0.4) is 0 Å². The van der Waals surface area contributed by atoms with Crippen LogP contribution >= 0.6 is 0 Å². The average Bonchev–Trinajstić information content (AvgIpc) is 4.07. The number of hydrogen-bond donors (Lipinski definition) is 6. The van der Waals surface area contributed by atoms with E-state index in [9.17, 15) is 47.9 Å². The molecular formula is C50H70N10O15. The average molecular weight is 1050 g/mol. The molecule has 2 saturated heterocycles. The van der Waals surface area contributed by atoms with Gasteiger partial charge in [0.05, 0.1) is 93.4 Å². The number of nitrogens with zero attached hydrogens (tertiary/aromatic N) is 4. The monoisotopic (exact) mass is 1050 g/mol. The maximum atomic E-state index is 14.1. The fourth-order valence-corrected chi connectivity index (χ4v) is 9.40. The van der Waals surface area contributed by atoms with Crippen molar-refractivity contribution in [3.8, 4) is 0 Å². The fourth-order valence-electron chi connectivity index (χ4n) is 9.40. The SMILES string of the molecule is CC(OC(C)(C)C)C(NC(=O)OCc1cn(CCOCCOCCOCCC(=O)Nc2cccc3c2C(=O)N(C2CCC(=O)NC2=O)C3=O)nn1)C(=O)NC(CC1CCCCC1)C(=O)NC(C=O)CC1CCNC1=O. The van der Waals surface area contributed by atoms with Crippen LogP contribution in [0.5, 0.6) is 0 Å². The van der Waals surface area contributed by atoms with Gasteiger partial charge < -0.3 is 55.1 Å². The molecule has 1 aliphatic carbocycles. The Hall–Kier alpha value is -6.70. The first-order valence-electron chi connectivity index (χ1n) is 25.6. The molecular weight excluding hydrogens is 981 g/mol. The molecule has 0 spiro atoms. The molecule has 0 bridgehead atoms. The van der Waals surface area contributed by atoms with E-state index in [1.165, 1.54) is 22.9 Å². The molecule has 1 aromatic heterocycles. The highest BCUT2D eigenvalue weighted by Crippen LogP contribution is 2.33. The summed E-state index contributed by atoms with van der Waals surface area (Å²) in [5.74, 6) is -4.74. The standard InChI is InChI=1S/C50H70N10O15/c1-30(75-50(2,3)4)42(46(67)54-37(25-31-9-6-5-7-10-31)44(65)52-33(28-61)26-32-15-17-51-43(32)64)56-49(70)74-29-34-27-59(58-57-34)18-20-72-22-24-73-23-21-71-19-16-40(63)53-36-12-8-11-35-41(36)48(69)60(47(35)68)38-13-14-39(62)55-45(38)66/h8,11-12,27-28,30-33,37-38,42H,5-7,9-10,13-26,29H2,1-4H3,(H,51,64)(H,52,65)(H,53,63)(H,54,67)(H,56,70)(H,55,62,66). The van der Waals surface area contributed by atoms with Crippen molar-refractivity contribution in [2.24, 2.45) is 11.8 Å². The van der Waals surface area contributed by atoms with E-state index in [1.807, 2.05) is 0 Å². The summed E-state index contributed by atoms with van der Waals surface area (Å²) in [6, 6.07) is 0.0602. The predicted octanol–water partition coefficient (Wildman–Crippen LogP) is 1.22. The van der Waals surface area contributed by atoms with Gasteiger partial charge in [-0.1, -0.05) is 43.4 Å². The number of rotatable bonds is 28. The Balaban J connectivity index is 0.869. The van der Waals surface area contributed by atoms with Crippen molar-refractivity contribution in [3.05, 3.63) is 41.2 Å². The van der Waals surface area contributed by atoms with Gasteiger partial charge in [0.1, 0.15) is 36.7 Å². The Morgan fingerprint density at radius 2 is 1.56 bits per heavy atom. The first-order chi connectivity index (χ1) is 35.9. The van der Waals surface area contributed by atoms with E-state index in [1.54, 1.807) is 33.9 Å². The number of alkyl carbamates (subject to hydrolysis) is 1. The molecule has 3 fully saturated rings. The number of benzene rings is 1. The molecule has 6 unspecified atom stereocenters. The van der Waals surface area contributed by atoms with Crippen molar-refractivity contribution in [1.82, 2.24) is 46.5 Å². The van der Waals surface area contributed by atoms with E-state index >= 15 is 0 Å². The van der Waals surface area contributed by atoms with Crippen molar-refractivity contribution >= 4 is 65.3 Å². The van der Waals surface area contributed by atoms with Gasteiger partial charge in [0.2, 0.25) is 35.4 Å². The second-order valence-electron chi connectivity index (χ2n) is 20.0. The van der Waals surface area contributed by atoms with Crippen LogP contribution in [0.4, 0.5) is 10.5 Å². The van der Waals surface area contributed by atoms with Crippen LogP contribution in [0.15, 0.2) is 24.4 Å². The lowest BCUT2D eigenvalue weighted by Gasteiger charge is -2.32. The lowest BCUT2D eigenvalue weighted by atomic mass is 9.84. The van der Waals surface area contributed by atoms with Crippen molar-refractivity contribution in [2.75, 3.05) is 51.5 Å². The Kier molecular flexibility index (Phi) is 21.3. The van der Waals surface area contributed by atoms with E-state index in [-0.39, 0.29) is 101 Å². The molecule has 410 valence electrons. The second-order valence-corrected chi connectivity index (χ2v) is 20.0. The largest absolute Gasteiger partial charge is 0.443 e. The highest BCUT2D eigenvalue weighted by atomic mass is 16.6. The molecule has 25 nitrogen and oxygen atoms in total. The third-order valence-electron chi connectivity index (χ3n) is 13.0. The zero-order chi connectivity index (χ0) is 54.1. The third kappa shape index (κ3) is 17.2. The molecule has 9 amide bonds. The summed E-state index contributed by atoms with van der Waals surface area (Å²) in [5.41, 5.74) is -0.235. The van der Waals surface area contributed by atoms with Crippen LogP contribution in [-0.4, -0.2) is 162 Å². The van der Waals surface area contributed by atoms with Gasteiger partial charge in [0.25, 0.3) is 11.8 Å². The highest BCUT2D eigenvalue weighted by Gasteiger charge is 2.46. The van der Waals surface area contributed by atoms with Crippen LogP contribution < -0.4 is 31.9 Å². The summed E-state index contributed by atoms with van der Waals surface area (Å²) in [6.07, 6.45) is 6.17. The number of carbonyl (C=O) groups is 10. The van der Waals surface area contributed by atoms with Crippen LogP contribution in [0.25, 0.3) is 0 Å². The molecule has 1 aromatic carbocycles. The van der Waals surface area contributed by atoms with Crippen LogP contribution in [0.2, 0.25) is 0 Å². The number of anilines is 1. The first-order valence-corrected chi connectivity index (χ1v) is 25.6. The van der Waals surface area contributed by atoms with Gasteiger partial charge in [-0.25, -0.2) is 9.48 Å². The number of aldehydes is 1. The van der Waals surface area contributed by atoms with Gasteiger partial charge in [-0.15, -0.1) is 5.10 Å². The smallest absolute Gasteiger partial charge is 0.408 e. The summed E-state index contributed by atoms with van der Waals surface area (Å²) < 4.78 is 29.7. The summed E-state index contributed by atoms with van der Waals surface area (Å²) >= 11 is 0. The lowest BCUT2D eigenvalue weighted by molar-refractivity contribution is -0.136. The van der Waals surface area contributed by atoms with Crippen molar-refractivity contribution in [3.63, 3.8) is 0 Å². The maximum Gasteiger partial charge on any atom is 0.408 e. The third-order valence-corrected chi connectivity index (χ3v) is 13.0. The summed E-state index contributed by atoms with van der Waals surface area (Å²) in [6.45, 7) is 8.81. The Morgan fingerprint density at radius 1 is 0.840 bits per heavy atom. The van der Waals surface area contributed by atoms with Gasteiger partial charge in [-0.2, -0.15) is 0 Å². The minimum absolute atomic E-state index is 0.0114. The van der Waals surface area contributed by atoms with Gasteiger partial charge in [0.15, 0.2) is 0 Å². The highest BCUT2D eigenvalue weighted by molar-refractivity contribution is 6.26. The number of hydrogen-bond acceptors (Lipinski definition) is 17. The minimum Gasteiger partial charge on any atom is -0.443 e. The molecule has 0 radical (unpaired) electrons. The molecule has 75 heavy (non-hydrogen) atoms. The molecule has 6 rings (SSSR count). The van der Waals surface area contributed by atoms with Crippen LogP contribution in [0, 0.1) is 11.8 Å². The van der Waals surface area contributed by atoms with E-state index in [0.29, 0.717) is 37.9 Å². The number of aromatic nitrogens is 3. The number of carbonyl (C=O) groups excluding carboxylic acids is 10. The number of amides is 9. The quantitative estimate of drug-likeness (QED) is 0.0396. The first kappa shape index (κ1) is 57.6. The number of piperidine rings is 1. The van der Waals surface area contributed by atoms with Crippen molar-refractivity contribution in [2.45, 2.75) is 147 Å². The number of ether oxygens (including phenoxy) is 5. The molecule has 4 heterocycles. The van der Waals surface area contributed by atoms with E-state index in [2.05, 4.69) is 42.2 Å². The van der Waals surface area contributed by atoms with Gasteiger partial charge in [0, 0.05) is 18.9 Å². The molecule has 3 aliphatic heterocycles. The zero-order valence-electron chi connectivity index (χ0n) is 43.0. The number of nitrogens with one attached hydrogen (secondary N) is 6. The van der Waals surface area contributed by atoms with E-state index in [0.717, 1.165) is 37.0 Å². The van der Waals surface area contributed by atoms with Crippen LogP contribution in [0.1, 0.15) is 125 Å². The summed E-state index contributed by atoms with van der Waals surface area (Å²) in [5, 5.41) is 23.8. The molecule has 6 atom stereocenters. The van der Waals surface area contributed by atoms with Crippen molar-refractivity contribution in [1.29, 1.82) is 0 Å².